The topological polar surface area (TPSA) is 59.1 Å². The molecule has 0 saturated heterocycles. The van der Waals surface area contributed by atoms with E-state index in [1.165, 1.54) is 0 Å². The van der Waals surface area contributed by atoms with Crippen molar-refractivity contribution in [2.45, 2.75) is 33.8 Å². The zero-order chi connectivity index (χ0) is 13.6. The Balaban J connectivity index is 2.66. The predicted octanol–water partition coefficient (Wildman–Crippen LogP) is 2.51. The molecule has 5 nitrogen and oxygen atoms in total. The van der Waals surface area contributed by atoms with Gasteiger partial charge in [-0.05, 0) is 11.8 Å². The van der Waals surface area contributed by atoms with Gasteiger partial charge in [0.2, 0.25) is 0 Å². The molecule has 0 atom stereocenters. The van der Waals surface area contributed by atoms with Crippen LogP contribution in [-0.4, -0.2) is 30.7 Å². The van der Waals surface area contributed by atoms with Crippen LogP contribution in [0.15, 0.2) is 6.07 Å². The van der Waals surface area contributed by atoms with Gasteiger partial charge in [-0.3, -0.25) is 0 Å². The Bertz CT molecular complexity index is 374. The zero-order valence-corrected chi connectivity index (χ0v) is 12.0. The molecule has 0 aliphatic heterocycles. The van der Waals surface area contributed by atoms with Gasteiger partial charge >= 0.3 is 0 Å². The first-order chi connectivity index (χ1) is 8.44. The van der Waals surface area contributed by atoms with Crippen LogP contribution < -0.4 is 10.6 Å². The van der Waals surface area contributed by atoms with Crippen molar-refractivity contribution in [2.75, 3.05) is 31.3 Å². The third-order valence-electron chi connectivity index (χ3n) is 2.48. The van der Waals surface area contributed by atoms with Crippen molar-refractivity contribution in [3.05, 3.63) is 11.9 Å². The largest absolute Gasteiger partial charge is 0.377 e. The molecule has 0 fully saturated rings. The Labute approximate surface area is 109 Å². The minimum Gasteiger partial charge on any atom is -0.377 e. The van der Waals surface area contributed by atoms with Gasteiger partial charge in [-0.2, -0.15) is 0 Å². The maximum absolute atomic E-state index is 5.06. The normalized spacial score (nSPS) is 11.4. The average molecular weight is 252 g/mol. The molecule has 2 N–H and O–H groups in total. The summed E-state index contributed by atoms with van der Waals surface area (Å²) in [5.74, 6) is 2.32. The van der Waals surface area contributed by atoms with Crippen molar-refractivity contribution >= 4 is 11.6 Å². The van der Waals surface area contributed by atoms with Crippen LogP contribution in [0, 0.1) is 5.41 Å². The highest BCUT2D eigenvalue weighted by Crippen LogP contribution is 2.18. The summed E-state index contributed by atoms with van der Waals surface area (Å²) in [6, 6.07) is 1.90. The molecule has 0 unspecified atom stereocenters. The van der Waals surface area contributed by atoms with E-state index >= 15 is 0 Å². The van der Waals surface area contributed by atoms with Crippen LogP contribution in [0.4, 0.5) is 11.6 Å². The lowest BCUT2D eigenvalue weighted by Gasteiger charge is -2.18. The maximum atomic E-state index is 5.06. The number of methoxy groups -OCH3 is 1. The molecular weight excluding hydrogens is 228 g/mol. The van der Waals surface area contributed by atoms with Crippen LogP contribution in [0.2, 0.25) is 0 Å². The molecule has 0 bridgehead atoms. The molecule has 0 spiro atoms. The third-order valence-corrected chi connectivity index (χ3v) is 2.48. The number of rotatable bonds is 6. The molecule has 0 aromatic carbocycles. The minimum absolute atomic E-state index is 0.321. The lowest BCUT2D eigenvalue weighted by Crippen LogP contribution is -2.14. The Morgan fingerprint density at radius 2 is 1.89 bits per heavy atom. The second-order valence-electron chi connectivity index (χ2n) is 5.48. The maximum Gasteiger partial charge on any atom is 0.158 e. The fraction of sp³-hybridized carbons (Fsp3) is 0.692. The lowest BCUT2D eigenvalue weighted by atomic mass is 9.92. The van der Waals surface area contributed by atoms with Gasteiger partial charge in [-0.25, -0.2) is 9.97 Å². The molecule has 0 aliphatic carbocycles. The van der Waals surface area contributed by atoms with Gasteiger partial charge in [0.15, 0.2) is 5.82 Å². The van der Waals surface area contributed by atoms with Gasteiger partial charge in [0, 0.05) is 26.8 Å². The van der Waals surface area contributed by atoms with E-state index < -0.39 is 0 Å². The van der Waals surface area contributed by atoms with E-state index in [1.807, 2.05) is 13.1 Å². The van der Waals surface area contributed by atoms with E-state index in [0.29, 0.717) is 17.8 Å². The summed E-state index contributed by atoms with van der Waals surface area (Å²) in [6.45, 7) is 8.00. The van der Waals surface area contributed by atoms with Crippen LogP contribution in [0.25, 0.3) is 0 Å². The number of hydrogen-bond acceptors (Lipinski definition) is 5. The second kappa shape index (κ2) is 6.54. The van der Waals surface area contributed by atoms with Crippen LogP contribution >= 0.6 is 0 Å². The molecule has 18 heavy (non-hydrogen) atoms. The number of nitrogens with one attached hydrogen (secondary N) is 2. The molecule has 1 aromatic rings. The van der Waals surface area contributed by atoms with Gasteiger partial charge in [0.25, 0.3) is 0 Å². The van der Waals surface area contributed by atoms with Gasteiger partial charge < -0.3 is 15.4 Å². The van der Waals surface area contributed by atoms with E-state index in [9.17, 15) is 0 Å². The lowest BCUT2D eigenvalue weighted by molar-refractivity contribution is 0.178. The SMILES string of the molecule is CNc1cc(NCCC(C)(C)C)nc(COC)n1. The molecule has 0 aliphatic rings. The molecule has 0 radical (unpaired) electrons. The molecule has 0 saturated carbocycles. The second-order valence-corrected chi connectivity index (χ2v) is 5.48. The van der Waals surface area contributed by atoms with Gasteiger partial charge in [-0.15, -0.1) is 0 Å². The Morgan fingerprint density at radius 1 is 1.22 bits per heavy atom. The van der Waals surface area contributed by atoms with Crippen LogP contribution in [0.5, 0.6) is 0 Å². The molecular formula is C13H24N4O. The Morgan fingerprint density at radius 3 is 2.44 bits per heavy atom. The molecule has 5 heteroatoms. The average Bonchev–Trinajstić information content (AvgIpc) is 2.27. The molecule has 1 rings (SSSR count). The van der Waals surface area contributed by atoms with Crippen molar-refractivity contribution in [3.63, 3.8) is 0 Å². The first-order valence-corrected chi connectivity index (χ1v) is 6.23. The summed E-state index contributed by atoms with van der Waals surface area (Å²) < 4.78 is 5.06. The Kier molecular flexibility index (Phi) is 5.34. The van der Waals surface area contributed by atoms with Crippen LogP contribution in [-0.2, 0) is 11.3 Å². The van der Waals surface area contributed by atoms with E-state index in [0.717, 1.165) is 24.6 Å². The van der Waals surface area contributed by atoms with Gasteiger partial charge in [-0.1, -0.05) is 20.8 Å². The van der Waals surface area contributed by atoms with E-state index in [4.69, 9.17) is 4.74 Å². The fourth-order valence-corrected chi connectivity index (χ4v) is 1.47. The van der Waals surface area contributed by atoms with Crippen molar-refractivity contribution in [1.29, 1.82) is 0 Å². The summed E-state index contributed by atoms with van der Waals surface area (Å²) in [5.41, 5.74) is 0.321. The van der Waals surface area contributed by atoms with Crippen LogP contribution in [0.1, 0.15) is 33.0 Å². The van der Waals surface area contributed by atoms with E-state index in [1.54, 1.807) is 7.11 Å². The molecule has 0 amide bonds. The molecule has 102 valence electrons. The zero-order valence-electron chi connectivity index (χ0n) is 12.0. The fourth-order valence-electron chi connectivity index (χ4n) is 1.47. The first kappa shape index (κ1) is 14.7. The number of nitrogens with zero attached hydrogens (tertiary/aromatic N) is 2. The number of hydrogen-bond donors (Lipinski definition) is 2. The first-order valence-electron chi connectivity index (χ1n) is 6.23. The smallest absolute Gasteiger partial charge is 0.158 e. The standard InChI is InChI=1S/C13H24N4O/c1-13(2,3)6-7-15-11-8-10(14-4)16-12(17-11)9-18-5/h8H,6-7,9H2,1-5H3,(H2,14,15,16,17). The van der Waals surface area contributed by atoms with Crippen molar-refractivity contribution in [1.82, 2.24) is 9.97 Å². The van der Waals surface area contributed by atoms with Crippen molar-refractivity contribution in [2.24, 2.45) is 5.41 Å². The van der Waals surface area contributed by atoms with Gasteiger partial charge in [0.1, 0.15) is 18.2 Å². The highest BCUT2D eigenvalue weighted by Gasteiger charge is 2.10. The summed E-state index contributed by atoms with van der Waals surface area (Å²) in [5, 5.41) is 6.35. The monoisotopic (exact) mass is 252 g/mol. The number of ether oxygens (including phenoxy) is 1. The van der Waals surface area contributed by atoms with Crippen molar-refractivity contribution < 1.29 is 4.74 Å². The highest BCUT2D eigenvalue weighted by atomic mass is 16.5. The number of aromatic nitrogens is 2. The summed E-state index contributed by atoms with van der Waals surface area (Å²) >= 11 is 0. The van der Waals surface area contributed by atoms with Crippen LogP contribution in [0.3, 0.4) is 0 Å². The summed E-state index contributed by atoms with van der Waals surface area (Å²) in [6.07, 6.45) is 1.09. The molecule has 1 heterocycles. The minimum atomic E-state index is 0.321. The number of anilines is 2. The van der Waals surface area contributed by atoms with Crippen molar-refractivity contribution in [3.8, 4) is 0 Å². The van der Waals surface area contributed by atoms with E-state index in [2.05, 4.69) is 41.4 Å². The quantitative estimate of drug-likeness (QED) is 0.814. The van der Waals surface area contributed by atoms with Gasteiger partial charge in [0.05, 0.1) is 0 Å². The third kappa shape index (κ3) is 5.31. The highest BCUT2D eigenvalue weighted by molar-refractivity contribution is 5.47. The summed E-state index contributed by atoms with van der Waals surface area (Å²) in [4.78, 5) is 8.71. The van der Waals surface area contributed by atoms with E-state index in [-0.39, 0.29) is 0 Å². The Hall–Kier alpha value is -1.36. The predicted molar refractivity (Wildman–Crippen MR) is 74.9 cm³/mol. The molecule has 1 aromatic heterocycles. The summed E-state index contributed by atoms with van der Waals surface area (Å²) in [7, 11) is 3.49.